The molecule has 1 aliphatic rings. The number of halogens is 2. The zero-order valence-corrected chi connectivity index (χ0v) is 19.9. The molecule has 162 valence electrons. The molecule has 0 spiro atoms. The first-order valence-corrected chi connectivity index (χ1v) is 11.8. The number of aryl methyl sites for hydroxylation is 2. The van der Waals surface area contributed by atoms with E-state index in [0.29, 0.717) is 21.2 Å². The third kappa shape index (κ3) is 4.75. The number of carbonyl (C=O) groups is 1. The smallest absolute Gasteiger partial charge is 0.196 e. The highest BCUT2D eigenvalue weighted by molar-refractivity contribution is 7.16. The number of rotatable bonds is 5. The lowest BCUT2D eigenvalue weighted by Gasteiger charge is -2.36. The fourth-order valence-electron chi connectivity index (χ4n) is 4.00. The first kappa shape index (κ1) is 22.2. The third-order valence-corrected chi connectivity index (χ3v) is 7.48. The van der Waals surface area contributed by atoms with Crippen molar-refractivity contribution >= 4 is 51.0 Å². The molecule has 4 rings (SSSR count). The number of anilines is 2. The zero-order chi connectivity index (χ0) is 22.1. The second kappa shape index (κ2) is 9.21. The van der Waals surface area contributed by atoms with E-state index in [1.807, 2.05) is 19.9 Å². The fourth-order valence-corrected chi connectivity index (χ4v) is 5.18. The Morgan fingerprint density at radius 1 is 1.03 bits per heavy atom. The van der Waals surface area contributed by atoms with Gasteiger partial charge in [-0.25, -0.2) is 0 Å². The number of benzene rings is 2. The van der Waals surface area contributed by atoms with Gasteiger partial charge in [-0.15, -0.1) is 11.3 Å². The summed E-state index contributed by atoms with van der Waals surface area (Å²) < 4.78 is 0. The summed E-state index contributed by atoms with van der Waals surface area (Å²) in [7, 11) is 0. The van der Waals surface area contributed by atoms with Crippen LogP contribution >= 0.6 is 34.5 Å². The van der Waals surface area contributed by atoms with Gasteiger partial charge in [0, 0.05) is 58.9 Å². The molecular formula is C24H25Cl2N3OS. The van der Waals surface area contributed by atoms with Crippen molar-refractivity contribution in [2.45, 2.75) is 20.4 Å². The highest BCUT2D eigenvalue weighted by Gasteiger charge is 2.25. The van der Waals surface area contributed by atoms with Gasteiger partial charge in [0.05, 0.1) is 10.6 Å². The minimum Gasteiger partial charge on any atom is -0.390 e. The van der Waals surface area contributed by atoms with Crippen molar-refractivity contribution in [3.8, 4) is 0 Å². The summed E-state index contributed by atoms with van der Waals surface area (Å²) in [6.45, 7) is 8.51. The highest BCUT2D eigenvalue weighted by atomic mass is 35.5. The average Bonchev–Trinajstić information content (AvgIpc) is 3.03. The van der Waals surface area contributed by atoms with Gasteiger partial charge in [-0.2, -0.15) is 0 Å². The largest absolute Gasteiger partial charge is 0.390 e. The maximum Gasteiger partial charge on any atom is 0.196 e. The lowest BCUT2D eigenvalue weighted by Crippen LogP contribution is -2.46. The molecule has 1 fully saturated rings. The summed E-state index contributed by atoms with van der Waals surface area (Å²) in [5.41, 5.74) is 10.9. The SMILES string of the molecule is Cc1cc(N2CCN(Cc3c(C)sc(N)c3C(=O)c3ccc(Cl)cc3)CC2)ccc1Cl. The number of ketones is 1. The number of nitrogen functional groups attached to an aromatic ring is 1. The number of hydrogen-bond acceptors (Lipinski definition) is 5. The summed E-state index contributed by atoms with van der Waals surface area (Å²) in [6.07, 6.45) is 0. The number of carbonyl (C=O) groups excluding carboxylic acids is 1. The van der Waals surface area contributed by atoms with E-state index >= 15 is 0 Å². The molecule has 3 aromatic rings. The number of piperazine rings is 1. The van der Waals surface area contributed by atoms with Crippen LogP contribution in [-0.4, -0.2) is 36.9 Å². The van der Waals surface area contributed by atoms with Crippen LogP contribution in [0.4, 0.5) is 10.7 Å². The van der Waals surface area contributed by atoms with Gasteiger partial charge in [-0.05, 0) is 67.4 Å². The first-order chi connectivity index (χ1) is 14.8. The number of nitrogens with two attached hydrogens (primary N) is 1. The summed E-state index contributed by atoms with van der Waals surface area (Å²) in [4.78, 5) is 19.1. The average molecular weight is 474 g/mol. The lowest BCUT2D eigenvalue weighted by molar-refractivity contribution is 0.103. The Labute approximate surface area is 197 Å². The van der Waals surface area contributed by atoms with E-state index in [4.69, 9.17) is 28.9 Å². The van der Waals surface area contributed by atoms with Gasteiger partial charge in [-0.1, -0.05) is 23.2 Å². The minimum absolute atomic E-state index is 0.0382. The van der Waals surface area contributed by atoms with Crippen LogP contribution in [0.3, 0.4) is 0 Å². The molecule has 31 heavy (non-hydrogen) atoms. The van der Waals surface area contributed by atoms with Crippen molar-refractivity contribution in [1.82, 2.24) is 4.90 Å². The molecule has 0 aliphatic carbocycles. The monoisotopic (exact) mass is 473 g/mol. The van der Waals surface area contributed by atoms with E-state index in [9.17, 15) is 4.79 Å². The van der Waals surface area contributed by atoms with Crippen LogP contribution < -0.4 is 10.6 Å². The Kier molecular flexibility index (Phi) is 6.58. The molecule has 4 nitrogen and oxygen atoms in total. The van der Waals surface area contributed by atoms with Crippen LogP contribution in [0.2, 0.25) is 10.0 Å². The van der Waals surface area contributed by atoms with Crippen molar-refractivity contribution in [3.05, 3.63) is 79.6 Å². The van der Waals surface area contributed by atoms with Gasteiger partial charge in [0.15, 0.2) is 5.78 Å². The van der Waals surface area contributed by atoms with E-state index in [-0.39, 0.29) is 5.78 Å². The summed E-state index contributed by atoms with van der Waals surface area (Å²) in [5, 5.41) is 1.99. The molecular weight excluding hydrogens is 449 g/mol. The topological polar surface area (TPSA) is 49.6 Å². The molecule has 2 heterocycles. The minimum atomic E-state index is -0.0382. The predicted molar refractivity (Wildman–Crippen MR) is 132 cm³/mol. The molecule has 0 bridgehead atoms. The van der Waals surface area contributed by atoms with E-state index in [1.165, 1.54) is 17.0 Å². The summed E-state index contributed by atoms with van der Waals surface area (Å²) in [5.74, 6) is -0.0382. The van der Waals surface area contributed by atoms with Crippen molar-refractivity contribution < 1.29 is 4.79 Å². The number of thiophene rings is 1. The Bertz CT molecular complexity index is 1100. The van der Waals surface area contributed by atoms with Crippen molar-refractivity contribution in [1.29, 1.82) is 0 Å². The fraction of sp³-hybridized carbons (Fsp3) is 0.292. The Hall–Kier alpha value is -2.05. The Balaban J connectivity index is 1.48. The normalized spacial score (nSPS) is 14.8. The summed E-state index contributed by atoms with van der Waals surface area (Å²) >= 11 is 13.6. The van der Waals surface area contributed by atoms with E-state index in [1.54, 1.807) is 24.3 Å². The van der Waals surface area contributed by atoms with E-state index in [0.717, 1.165) is 53.8 Å². The Morgan fingerprint density at radius 3 is 2.35 bits per heavy atom. The van der Waals surface area contributed by atoms with Gasteiger partial charge < -0.3 is 10.6 Å². The van der Waals surface area contributed by atoms with Crippen LogP contribution in [0.5, 0.6) is 0 Å². The molecule has 2 N–H and O–H groups in total. The first-order valence-electron chi connectivity index (χ1n) is 10.2. The van der Waals surface area contributed by atoms with Crippen LogP contribution in [0.15, 0.2) is 42.5 Å². The van der Waals surface area contributed by atoms with Gasteiger partial charge in [-0.3, -0.25) is 9.69 Å². The molecule has 1 aliphatic heterocycles. The number of nitrogens with zero attached hydrogens (tertiary/aromatic N) is 2. The maximum absolute atomic E-state index is 13.2. The molecule has 0 unspecified atom stereocenters. The van der Waals surface area contributed by atoms with Crippen molar-refractivity contribution in [2.75, 3.05) is 36.8 Å². The highest BCUT2D eigenvalue weighted by Crippen LogP contribution is 2.34. The second-order valence-corrected chi connectivity index (χ2v) is 10.0. The lowest BCUT2D eigenvalue weighted by atomic mass is 9.99. The molecule has 0 amide bonds. The van der Waals surface area contributed by atoms with Crippen LogP contribution in [0.1, 0.15) is 31.9 Å². The molecule has 7 heteroatoms. The van der Waals surface area contributed by atoms with Crippen molar-refractivity contribution in [2.24, 2.45) is 0 Å². The second-order valence-electron chi connectivity index (χ2n) is 7.91. The van der Waals surface area contributed by atoms with Gasteiger partial charge >= 0.3 is 0 Å². The van der Waals surface area contributed by atoms with Gasteiger partial charge in [0.1, 0.15) is 0 Å². The molecule has 1 saturated heterocycles. The molecule has 0 radical (unpaired) electrons. The predicted octanol–water partition coefficient (Wildman–Crippen LogP) is 5.81. The van der Waals surface area contributed by atoms with Crippen LogP contribution in [0.25, 0.3) is 0 Å². The van der Waals surface area contributed by atoms with Crippen LogP contribution in [-0.2, 0) is 6.54 Å². The van der Waals surface area contributed by atoms with E-state index < -0.39 is 0 Å². The van der Waals surface area contributed by atoms with Crippen LogP contribution in [0, 0.1) is 13.8 Å². The molecule has 2 aromatic carbocycles. The number of hydrogen-bond donors (Lipinski definition) is 1. The molecule has 0 atom stereocenters. The quantitative estimate of drug-likeness (QED) is 0.475. The zero-order valence-electron chi connectivity index (χ0n) is 17.6. The maximum atomic E-state index is 13.2. The summed E-state index contributed by atoms with van der Waals surface area (Å²) in [6, 6.07) is 13.2. The molecule has 1 aromatic heterocycles. The van der Waals surface area contributed by atoms with E-state index in [2.05, 4.69) is 21.9 Å². The molecule has 0 saturated carbocycles. The Morgan fingerprint density at radius 2 is 1.71 bits per heavy atom. The van der Waals surface area contributed by atoms with Crippen molar-refractivity contribution in [3.63, 3.8) is 0 Å². The van der Waals surface area contributed by atoms with Gasteiger partial charge in [0.25, 0.3) is 0 Å². The standard InChI is InChI=1S/C24H25Cl2N3OS/c1-15-13-19(7-8-21(15)26)29-11-9-28(10-12-29)14-20-16(2)31-24(27)22(20)23(30)17-3-5-18(25)6-4-17/h3-8,13H,9-12,14,27H2,1-2H3. The third-order valence-electron chi connectivity index (χ3n) is 5.83. The van der Waals surface area contributed by atoms with Gasteiger partial charge in [0.2, 0.25) is 0 Å².